The van der Waals surface area contributed by atoms with Gasteiger partial charge in [0.25, 0.3) is 0 Å². The normalized spacial score (nSPS) is 11.8. The van der Waals surface area contributed by atoms with Gasteiger partial charge < -0.3 is 14.2 Å². The Balaban J connectivity index is 2.46. The zero-order chi connectivity index (χ0) is 15.9. The maximum Gasteiger partial charge on any atom is 0.129 e. The van der Waals surface area contributed by atoms with Crippen LogP contribution in [-0.2, 0) is 11.0 Å². The number of pyridine rings is 1. The van der Waals surface area contributed by atoms with Gasteiger partial charge in [0.15, 0.2) is 0 Å². The number of rotatable bonds is 7. The predicted octanol–water partition coefficient (Wildman–Crippen LogP) is 2.81. The van der Waals surface area contributed by atoms with Crippen LogP contribution in [0.5, 0.6) is 11.5 Å². The van der Waals surface area contributed by atoms with Crippen molar-refractivity contribution >= 4 is 16.7 Å². The van der Waals surface area contributed by atoms with Crippen LogP contribution in [0.15, 0.2) is 36.7 Å². The van der Waals surface area contributed by atoms with Crippen LogP contribution in [0.2, 0.25) is 0 Å². The molecule has 1 unspecified atom stereocenters. The summed E-state index contributed by atoms with van der Waals surface area (Å²) in [6.07, 6.45) is 4.81. The molecular formula is C15H17FN2O3S. The Kier molecular flexibility index (Phi) is 5.71. The average Bonchev–Trinajstić information content (AvgIpc) is 2.52. The Morgan fingerprint density at radius 2 is 2.09 bits per heavy atom. The Hall–Kier alpha value is -2.15. The smallest absolute Gasteiger partial charge is 0.129 e. The van der Waals surface area contributed by atoms with Crippen LogP contribution in [0.4, 0.5) is 10.1 Å². The number of nitrogens with one attached hydrogen (secondary N) is 1. The number of benzene rings is 1. The van der Waals surface area contributed by atoms with E-state index in [1.165, 1.54) is 6.26 Å². The van der Waals surface area contributed by atoms with Crippen LogP contribution >= 0.6 is 0 Å². The number of aromatic nitrogens is 1. The van der Waals surface area contributed by atoms with Gasteiger partial charge in [-0.15, -0.1) is 0 Å². The summed E-state index contributed by atoms with van der Waals surface area (Å²) >= 11 is 0. The average molecular weight is 324 g/mol. The van der Waals surface area contributed by atoms with E-state index in [-0.39, 0.29) is 6.61 Å². The van der Waals surface area contributed by atoms with Gasteiger partial charge in [-0.3, -0.25) is 4.98 Å². The van der Waals surface area contributed by atoms with Crippen LogP contribution in [0, 0.1) is 0 Å². The lowest BCUT2D eigenvalue weighted by Crippen LogP contribution is -2.04. The molecule has 0 bridgehead atoms. The van der Waals surface area contributed by atoms with Crippen molar-refractivity contribution in [1.29, 1.82) is 0 Å². The molecule has 0 radical (unpaired) electrons. The molecular weight excluding hydrogens is 307 g/mol. The van der Waals surface area contributed by atoms with E-state index in [0.29, 0.717) is 17.2 Å². The second-order valence-electron chi connectivity index (χ2n) is 4.38. The number of hydrogen-bond acceptors (Lipinski definition) is 4. The van der Waals surface area contributed by atoms with Gasteiger partial charge >= 0.3 is 0 Å². The summed E-state index contributed by atoms with van der Waals surface area (Å²) < 4.78 is 37.3. The summed E-state index contributed by atoms with van der Waals surface area (Å²) in [4.78, 5) is 4.09. The van der Waals surface area contributed by atoms with Crippen molar-refractivity contribution in [2.45, 2.75) is 0 Å². The topological polar surface area (TPSA) is 60.5 Å². The van der Waals surface area contributed by atoms with E-state index >= 15 is 0 Å². The first-order valence-electron chi connectivity index (χ1n) is 6.57. The molecule has 1 heterocycles. The van der Waals surface area contributed by atoms with Gasteiger partial charge in [-0.05, 0) is 18.2 Å². The number of hydrogen-bond donors (Lipinski definition) is 1. The molecule has 0 aliphatic heterocycles. The fourth-order valence-electron chi connectivity index (χ4n) is 2.00. The lowest BCUT2D eigenvalue weighted by molar-refractivity contribution is 0.274. The van der Waals surface area contributed by atoms with E-state index < -0.39 is 17.7 Å². The molecule has 1 aromatic heterocycles. The number of ether oxygens (including phenoxy) is 2. The second kappa shape index (κ2) is 7.74. The summed E-state index contributed by atoms with van der Waals surface area (Å²) in [6, 6.07) is 6.98. The molecule has 22 heavy (non-hydrogen) atoms. The predicted molar refractivity (Wildman–Crippen MR) is 85.4 cm³/mol. The highest BCUT2D eigenvalue weighted by molar-refractivity contribution is 7.85. The number of alkyl halides is 1. The zero-order valence-corrected chi connectivity index (χ0v) is 13.2. The number of methoxy groups -OCH3 is 1. The van der Waals surface area contributed by atoms with Crippen molar-refractivity contribution < 1.29 is 18.1 Å². The summed E-state index contributed by atoms with van der Waals surface area (Å²) in [5.41, 5.74) is 2.09. The molecule has 1 N–H and O–H groups in total. The lowest BCUT2D eigenvalue weighted by atomic mass is 10.1. The van der Waals surface area contributed by atoms with Crippen molar-refractivity contribution in [3.63, 3.8) is 0 Å². The van der Waals surface area contributed by atoms with Gasteiger partial charge in [-0.1, -0.05) is 0 Å². The first-order valence-corrected chi connectivity index (χ1v) is 8.12. The monoisotopic (exact) mass is 324 g/mol. The third kappa shape index (κ3) is 3.94. The van der Waals surface area contributed by atoms with Crippen LogP contribution in [0.25, 0.3) is 11.1 Å². The van der Waals surface area contributed by atoms with Crippen molar-refractivity contribution in [3.8, 4) is 22.6 Å². The first-order chi connectivity index (χ1) is 10.7. The highest BCUT2D eigenvalue weighted by Crippen LogP contribution is 2.37. The molecule has 0 fully saturated rings. The molecule has 1 atom stereocenters. The first kappa shape index (κ1) is 16.2. The van der Waals surface area contributed by atoms with Gasteiger partial charge in [-0.2, -0.15) is 0 Å². The van der Waals surface area contributed by atoms with Crippen LogP contribution in [0.3, 0.4) is 0 Å². The number of nitrogens with zero attached hydrogens (tertiary/aromatic N) is 1. The Morgan fingerprint density at radius 3 is 2.77 bits per heavy atom. The summed E-state index contributed by atoms with van der Waals surface area (Å²) in [7, 11) is 0.362. The highest BCUT2D eigenvalue weighted by atomic mass is 32.2. The minimum absolute atomic E-state index is 0.0613. The number of halogens is 1. The Labute approximate surface area is 131 Å². The van der Waals surface area contributed by atoms with Crippen LogP contribution < -0.4 is 14.2 Å². The van der Waals surface area contributed by atoms with Gasteiger partial charge in [0.1, 0.15) is 35.8 Å². The van der Waals surface area contributed by atoms with Gasteiger partial charge in [0.05, 0.1) is 7.11 Å². The largest absolute Gasteiger partial charge is 0.496 e. The molecule has 0 amide bonds. The molecule has 0 saturated heterocycles. The van der Waals surface area contributed by atoms with Gasteiger partial charge in [0, 0.05) is 41.5 Å². The SMILES string of the molecule is COc1ccncc1-c1ccc(NS(C)=O)cc1OCCF. The van der Waals surface area contributed by atoms with Crippen LogP contribution in [0.1, 0.15) is 0 Å². The summed E-state index contributed by atoms with van der Waals surface area (Å²) in [6.45, 7) is -0.658. The van der Waals surface area contributed by atoms with E-state index in [4.69, 9.17) is 9.47 Å². The van der Waals surface area contributed by atoms with Gasteiger partial charge in [0.2, 0.25) is 0 Å². The molecule has 5 nitrogen and oxygen atoms in total. The lowest BCUT2D eigenvalue weighted by Gasteiger charge is -2.14. The van der Waals surface area contributed by atoms with E-state index in [2.05, 4.69) is 9.71 Å². The quantitative estimate of drug-likeness (QED) is 0.851. The molecule has 2 rings (SSSR count). The van der Waals surface area contributed by atoms with Crippen molar-refractivity contribution in [1.82, 2.24) is 4.98 Å². The molecule has 0 aliphatic carbocycles. The van der Waals surface area contributed by atoms with Gasteiger partial charge in [-0.25, -0.2) is 8.60 Å². The molecule has 0 spiro atoms. The van der Waals surface area contributed by atoms with Crippen molar-refractivity contribution in [2.24, 2.45) is 0 Å². The standard InChI is InChI=1S/C15H17FN2O3S/c1-20-14-5-7-17-10-13(14)12-4-3-11(18-22(2)19)9-15(12)21-8-6-16/h3-5,7,9-10,18H,6,8H2,1-2H3. The fraction of sp³-hybridized carbons (Fsp3) is 0.267. The van der Waals surface area contributed by atoms with Crippen LogP contribution in [-0.4, -0.2) is 35.8 Å². The minimum atomic E-state index is -1.20. The van der Waals surface area contributed by atoms with Crippen molar-refractivity contribution in [3.05, 3.63) is 36.7 Å². The Morgan fingerprint density at radius 1 is 1.27 bits per heavy atom. The van der Waals surface area contributed by atoms with Crippen molar-refractivity contribution in [2.75, 3.05) is 31.4 Å². The molecule has 1 aromatic carbocycles. The molecule has 0 saturated carbocycles. The zero-order valence-electron chi connectivity index (χ0n) is 12.3. The fourth-order valence-corrected chi connectivity index (χ4v) is 2.46. The van der Waals surface area contributed by atoms with E-state index in [1.54, 1.807) is 43.8 Å². The third-order valence-corrected chi connectivity index (χ3v) is 3.39. The molecule has 118 valence electrons. The Bertz CT molecular complexity index is 667. The molecule has 0 aliphatic rings. The summed E-state index contributed by atoms with van der Waals surface area (Å²) in [5.74, 6) is 1.11. The molecule has 7 heteroatoms. The van der Waals surface area contributed by atoms with E-state index in [0.717, 1.165) is 11.1 Å². The van der Waals surface area contributed by atoms with E-state index in [1.807, 2.05) is 0 Å². The highest BCUT2D eigenvalue weighted by Gasteiger charge is 2.13. The minimum Gasteiger partial charge on any atom is -0.496 e. The molecule has 2 aromatic rings. The maximum absolute atomic E-state index is 12.4. The van der Waals surface area contributed by atoms with E-state index in [9.17, 15) is 8.60 Å². The second-order valence-corrected chi connectivity index (χ2v) is 5.49. The third-order valence-electron chi connectivity index (χ3n) is 2.87. The number of anilines is 1. The maximum atomic E-state index is 12.4. The summed E-state index contributed by atoms with van der Waals surface area (Å²) in [5, 5.41) is 0.